The summed E-state index contributed by atoms with van der Waals surface area (Å²) in [5, 5.41) is 8.75. The van der Waals surface area contributed by atoms with Crippen molar-refractivity contribution in [1.29, 1.82) is 0 Å². The van der Waals surface area contributed by atoms with Crippen molar-refractivity contribution < 1.29 is 42.8 Å². The van der Waals surface area contributed by atoms with Gasteiger partial charge in [-0.2, -0.15) is 0 Å². The van der Waals surface area contributed by atoms with E-state index in [-0.39, 0.29) is 42.9 Å². The van der Waals surface area contributed by atoms with Crippen LogP contribution in [0.1, 0.15) is 66.2 Å². The van der Waals surface area contributed by atoms with E-state index in [1.165, 1.54) is 0 Å². The molecule has 0 aliphatic rings. The van der Waals surface area contributed by atoms with Gasteiger partial charge in [0.1, 0.15) is 13.2 Å². The lowest BCUT2D eigenvalue weighted by Gasteiger charge is -2.17. The zero-order valence-electron chi connectivity index (χ0n) is 26.0. The molecule has 0 aromatic rings. The van der Waals surface area contributed by atoms with Crippen molar-refractivity contribution in [1.82, 2.24) is 16.0 Å². The van der Waals surface area contributed by atoms with Gasteiger partial charge in [-0.3, -0.25) is 14.4 Å². The Morgan fingerprint density at radius 2 is 0.976 bits per heavy atom. The minimum Gasteiger partial charge on any atom is -0.379 e. The first kappa shape index (κ1) is 39.2. The van der Waals surface area contributed by atoms with Gasteiger partial charge in [0.25, 0.3) is 0 Å². The minimum atomic E-state index is -0.151. The predicted molar refractivity (Wildman–Crippen MR) is 157 cm³/mol. The monoisotopic (exact) mass is 591 g/mol. The van der Waals surface area contributed by atoms with Crippen LogP contribution in [0.5, 0.6) is 0 Å². The molecule has 0 radical (unpaired) electrons. The molecule has 0 saturated heterocycles. The van der Waals surface area contributed by atoms with Crippen LogP contribution in [0.15, 0.2) is 0 Å². The van der Waals surface area contributed by atoms with Gasteiger partial charge in [0, 0.05) is 38.3 Å². The van der Waals surface area contributed by atoms with Crippen LogP contribution in [-0.2, 0) is 42.8 Å². The Hall–Kier alpha value is -1.83. The van der Waals surface area contributed by atoms with Crippen LogP contribution in [0.2, 0.25) is 0 Å². The number of carbonyl (C=O) groups excluding carboxylic acids is 3. The Morgan fingerprint density at radius 1 is 0.561 bits per heavy atom. The number of hydrogen-bond donors (Lipinski definition) is 3. The Bertz CT molecular complexity index is 641. The van der Waals surface area contributed by atoms with E-state index in [2.05, 4.69) is 16.0 Å². The fourth-order valence-electron chi connectivity index (χ4n) is 3.59. The van der Waals surface area contributed by atoms with Crippen LogP contribution in [0.3, 0.4) is 0 Å². The fraction of sp³-hybridized carbons (Fsp3) is 0.897. The van der Waals surface area contributed by atoms with Crippen LogP contribution in [0.4, 0.5) is 0 Å². The molecule has 41 heavy (non-hydrogen) atoms. The number of unbranched alkanes of at least 4 members (excludes halogenated alkanes) is 2. The molecule has 0 bridgehead atoms. The molecule has 0 aliphatic carbocycles. The van der Waals surface area contributed by atoms with E-state index in [1.54, 1.807) is 0 Å². The molecule has 3 amide bonds. The number of rotatable bonds is 30. The summed E-state index contributed by atoms with van der Waals surface area (Å²) >= 11 is 0. The highest BCUT2D eigenvalue weighted by Gasteiger charge is 2.15. The zero-order valence-corrected chi connectivity index (χ0v) is 26.0. The molecule has 0 fully saturated rings. The normalized spacial score (nSPS) is 12.6. The average Bonchev–Trinajstić information content (AvgIpc) is 2.95. The van der Waals surface area contributed by atoms with Crippen molar-refractivity contribution in [3.8, 4) is 0 Å². The first-order valence-corrected chi connectivity index (χ1v) is 15.2. The van der Waals surface area contributed by atoms with E-state index in [9.17, 15) is 14.4 Å². The molecule has 3 N–H and O–H groups in total. The first-order valence-electron chi connectivity index (χ1n) is 15.2. The first-order chi connectivity index (χ1) is 19.9. The van der Waals surface area contributed by atoms with Gasteiger partial charge >= 0.3 is 0 Å². The molecule has 12 heteroatoms. The molecule has 0 aromatic heterocycles. The van der Waals surface area contributed by atoms with Crippen LogP contribution in [0.25, 0.3) is 0 Å². The van der Waals surface area contributed by atoms with Gasteiger partial charge in [-0.05, 0) is 52.9 Å². The fourth-order valence-corrected chi connectivity index (χ4v) is 3.59. The quantitative estimate of drug-likeness (QED) is 0.107. The summed E-state index contributed by atoms with van der Waals surface area (Å²) in [6.45, 7) is 14.1. The van der Waals surface area contributed by atoms with Crippen molar-refractivity contribution >= 4 is 17.7 Å². The van der Waals surface area contributed by atoms with Crippen LogP contribution < -0.4 is 16.0 Å². The van der Waals surface area contributed by atoms with Crippen molar-refractivity contribution in [2.45, 2.75) is 72.3 Å². The van der Waals surface area contributed by atoms with Gasteiger partial charge in [-0.15, -0.1) is 0 Å². The number of amides is 3. The summed E-state index contributed by atoms with van der Waals surface area (Å²) < 4.78 is 31.6. The maximum absolute atomic E-state index is 12.5. The lowest BCUT2D eigenvalue weighted by molar-refractivity contribution is -0.127. The Kier molecular flexibility index (Phi) is 28.3. The van der Waals surface area contributed by atoms with Crippen LogP contribution >= 0.6 is 0 Å². The van der Waals surface area contributed by atoms with E-state index in [1.807, 2.05) is 27.7 Å². The SMILES string of the molecule is CCOCCOCCOCC(=O)NCCCC[C@@H](C)NC(=O)[C@@H](C)CCCCNC(=O)COCCOCCOCC. The third kappa shape index (κ3) is 28.1. The number of hydrogen-bond acceptors (Lipinski definition) is 9. The number of nitrogens with one attached hydrogen (secondary N) is 3. The van der Waals surface area contributed by atoms with E-state index < -0.39 is 0 Å². The maximum Gasteiger partial charge on any atom is 0.245 e. The molecule has 0 spiro atoms. The average molecular weight is 592 g/mol. The Balaban J connectivity index is 3.61. The second-order valence-corrected chi connectivity index (χ2v) is 9.73. The molecule has 0 heterocycles. The molecular formula is C29H57N3O9. The van der Waals surface area contributed by atoms with Crippen molar-refractivity contribution in [2.75, 3.05) is 92.4 Å². The second kappa shape index (κ2) is 29.7. The number of ether oxygens (including phenoxy) is 6. The number of carbonyl (C=O) groups is 3. The van der Waals surface area contributed by atoms with Crippen molar-refractivity contribution in [3.63, 3.8) is 0 Å². The summed E-state index contributed by atoms with van der Waals surface area (Å²) in [6.07, 6.45) is 4.99. The predicted octanol–water partition coefficient (Wildman–Crippen LogP) is 1.84. The molecule has 0 aromatic carbocycles. The van der Waals surface area contributed by atoms with Crippen molar-refractivity contribution in [2.24, 2.45) is 5.92 Å². The van der Waals surface area contributed by atoms with Gasteiger partial charge in [-0.25, -0.2) is 0 Å². The molecule has 2 atom stereocenters. The summed E-state index contributed by atoms with van der Waals surface area (Å²) in [4.78, 5) is 36.1. The van der Waals surface area contributed by atoms with Gasteiger partial charge in [0.05, 0.1) is 52.9 Å². The molecule has 0 rings (SSSR count). The van der Waals surface area contributed by atoms with Gasteiger partial charge in [0.2, 0.25) is 17.7 Å². The van der Waals surface area contributed by atoms with Crippen LogP contribution in [0, 0.1) is 5.92 Å². The topological polar surface area (TPSA) is 143 Å². The Labute approximate surface area is 247 Å². The maximum atomic E-state index is 12.5. The third-order valence-electron chi connectivity index (χ3n) is 5.97. The van der Waals surface area contributed by atoms with Crippen molar-refractivity contribution in [3.05, 3.63) is 0 Å². The van der Waals surface area contributed by atoms with E-state index in [0.29, 0.717) is 79.2 Å². The third-order valence-corrected chi connectivity index (χ3v) is 5.97. The molecule has 0 aliphatic heterocycles. The second-order valence-electron chi connectivity index (χ2n) is 9.73. The highest BCUT2D eigenvalue weighted by molar-refractivity contribution is 5.78. The summed E-state index contributed by atoms with van der Waals surface area (Å²) in [7, 11) is 0. The Morgan fingerprint density at radius 3 is 1.44 bits per heavy atom. The standard InChI is InChI=1S/C29H57N3O9/c1-5-36-15-17-38-19-21-40-23-27(33)30-13-9-7-11-25(3)29(35)32-26(4)12-8-10-14-31-28(34)24-41-22-20-39-18-16-37-6-2/h25-26H,5-24H2,1-4H3,(H,30,33)(H,31,34)(H,32,35)/t25-,26+/m0/s1. The molecule has 0 unspecified atom stereocenters. The van der Waals surface area contributed by atoms with Gasteiger partial charge in [-0.1, -0.05) is 13.3 Å². The molecular weight excluding hydrogens is 534 g/mol. The molecule has 12 nitrogen and oxygen atoms in total. The summed E-state index contributed by atoms with van der Waals surface area (Å²) in [5.41, 5.74) is 0. The highest BCUT2D eigenvalue weighted by atomic mass is 16.5. The van der Waals surface area contributed by atoms with Gasteiger partial charge in [0.15, 0.2) is 0 Å². The lowest BCUT2D eigenvalue weighted by atomic mass is 10.0. The summed E-state index contributed by atoms with van der Waals surface area (Å²) in [5.74, 6) is -0.335. The van der Waals surface area contributed by atoms with Gasteiger partial charge < -0.3 is 44.4 Å². The van der Waals surface area contributed by atoms with Crippen LogP contribution in [-0.4, -0.2) is 116 Å². The van der Waals surface area contributed by atoms with E-state index >= 15 is 0 Å². The van der Waals surface area contributed by atoms with E-state index in [0.717, 1.165) is 38.5 Å². The summed E-state index contributed by atoms with van der Waals surface area (Å²) in [6, 6.07) is 0.0704. The van der Waals surface area contributed by atoms with E-state index in [4.69, 9.17) is 28.4 Å². The highest BCUT2D eigenvalue weighted by Crippen LogP contribution is 2.09. The lowest BCUT2D eigenvalue weighted by Crippen LogP contribution is -2.36. The largest absolute Gasteiger partial charge is 0.379 e. The smallest absolute Gasteiger partial charge is 0.245 e. The molecule has 242 valence electrons. The molecule has 0 saturated carbocycles. The minimum absolute atomic E-state index is 0.0121. The zero-order chi connectivity index (χ0) is 30.4.